The summed E-state index contributed by atoms with van der Waals surface area (Å²) in [7, 11) is 0. The third-order valence-corrected chi connectivity index (χ3v) is 5.78. The van der Waals surface area contributed by atoms with Crippen molar-refractivity contribution >= 4 is 23.2 Å². The molecule has 2 aromatic rings. The Morgan fingerprint density at radius 2 is 1.82 bits per heavy atom. The molecule has 0 bridgehead atoms. The highest BCUT2D eigenvalue weighted by molar-refractivity contribution is 6.11. The van der Waals surface area contributed by atoms with Gasteiger partial charge in [-0.25, -0.2) is 0 Å². The molecule has 2 amide bonds. The zero-order valence-corrected chi connectivity index (χ0v) is 16.5. The van der Waals surface area contributed by atoms with Gasteiger partial charge in [-0.05, 0) is 68.4 Å². The maximum atomic E-state index is 13.1. The maximum Gasteiger partial charge on any atom is 0.244 e. The van der Waals surface area contributed by atoms with Crippen molar-refractivity contribution in [3.63, 3.8) is 0 Å². The fraction of sp³-hybridized carbons (Fsp3) is 0.391. The number of aryl methyl sites for hydroxylation is 2. The van der Waals surface area contributed by atoms with Crippen LogP contribution < -0.4 is 15.5 Å². The summed E-state index contributed by atoms with van der Waals surface area (Å²) in [6.07, 6.45) is 4.84. The summed E-state index contributed by atoms with van der Waals surface area (Å²) >= 11 is 0. The van der Waals surface area contributed by atoms with Crippen molar-refractivity contribution < 1.29 is 9.59 Å². The van der Waals surface area contributed by atoms with E-state index < -0.39 is 6.04 Å². The van der Waals surface area contributed by atoms with Gasteiger partial charge in [0.05, 0.1) is 17.4 Å². The largest absolute Gasteiger partial charge is 0.323 e. The highest BCUT2D eigenvalue weighted by Crippen LogP contribution is 2.30. The van der Waals surface area contributed by atoms with Crippen LogP contribution in [0, 0.1) is 0 Å². The van der Waals surface area contributed by atoms with Crippen LogP contribution in [0.4, 0.5) is 11.4 Å². The van der Waals surface area contributed by atoms with Crippen molar-refractivity contribution in [1.29, 1.82) is 0 Å². The molecule has 1 aliphatic heterocycles. The number of anilines is 2. The molecule has 0 unspecified atom stereocenters. The molecule has 5 nitrogen and oxygen atoms in total. The van der Waals surface area contributed by atoms with Gasteiger partial charge in [0, 0.05) is 6.04 Å². The third-order valence-electron chi connectivity index (χ3n) is 5.78. The summed E-state index contributed by atoms with van der Waals surface area (Å²) in [4.78, 5) is 26.7. The van der Waals surface area contributed by atoms with Crippen molar-refractivity contribution in [2.75, 3.05) is 16.8 Å². The molecule has 2 aliphatic rings. The van der Waals surface area contributed by atoms with Gasteiger partial charge in [0.25, 0.3) is 0 Å². The van der Waals surface area contributed by atoms with Crippen LogP contribution in [-0.2, 0) is 22.4 Å². The third kappa shape index (κ3) is 3.67. The Labute approximate surface area is 166 Å². The molecular formula is C23H27N3O2. The van der Waals surface area contributed by atoms with E-state index in [2.05, 4.69) is 35.8 Å². The first-order chi connectivity index (χ1) is 13.5. The van der Waals surface area contributed by atoms with Crippen LogP contribution in [0.15, 0.2) is 42.5 Å². The lowest BCUT2D eigenvalue weighted by Gasteiger charge is -2.32. The summed E-state index contributed by atoms with van der Waals surface area (Å²) in [5, 5.41) is 6.25. The standard InChI is InChI=1S/C23H27N3O2/c1-15(18-12-11-17-7-3-4-8-19(17)13-18)24-16(2)23(28)26-14-22(27)25-20-9-5-6-10-21(20)26/h5-6,9-13,15-16,24H,3-4,7-8,14H2,1-2H3,(H,25,27)/t15-,16+/m0/s1. The van der Waals surface area contributed by atoms with Crippen molar-refractivity contribution in [3.8, 4) is 0 Å². The van der Waals surface area contributed by atoms with Crippen molar-refractivity contribution in [2.24, 2.45) is 0 Å². The highest BCUT2D eigenvalue weighted by atomic mass is 16.2. The molecule has 0 fully saturated rings. The van der Waals surface area contributed by atoms with E-state index >= 15 is 0 Å². The zero-order chi connectivity index (χ0) is 19.7. The summed E-state index contributed by atoms with van der Waals surface area (Å²) < 4.78 is 0. The number of nitrogens with one attached hydrogen (secondary N) is 2. The van der Waals surface area contributed by atoms with Gasteiger partial charge in [-0.2, -0.15) is 0 Å². The van der Waals surface area contributed by atoms with Crippen LogP contribution >= 0.6 is 0 Å². The summed E-state index contributed by atoms with van der Waals surface area (Å²) in [6, 6.07) is 13.8. The molecule has 0 spiro atoms. The molecule has 2 N–H and O–H groups in total. The van der Waals surface area contributed by atoms with Gasteiger partial charge in [0.2, 0.25) is 11.8 Å². The number of nitrogens with zero attached hydrogens (tertiary/aromatic N) is 1. The molecular weight excluding hydrogens is 350 g/mol. The van der Waals surface area contributed by atoms with Crippen LogP contribution in [0.5, 0.6) is 0 Å². The number of fused-ring (bicyclic) bond motifs is 2. The van der Waals surface area contributed by atoms with Gasteiger partial charge in [-0.1, -0.05) is 30.3 Å². The van der Waals surface area contributed by atoms with E-state index in [-0.39, 0.29) is 24.4 Å². The maximum absolute atomic E-state index is 13.1. The average molecular weight is 377 g/mol. The minimum Gasteiger partial charge on any atom is -0.323 e. The van der Waals surface area contributed by atoms with E-state index in [1.807, 2.05) is 31.2 Å². The van der Waals surface area contributed by atoms with E-state index in [1.165, 1.54) is 36.0 Å². The number of para-hydroxylation sites is 2. The van der Waals surface area contributed by atoms with Crippen LogP contribution in [0.2, 0.25) is 0 Å². The highest BCUT2D eigenvalue weighted by Gasteiger charge is 2.30. The number of carbonyl (C=O) groups is 2. The van der Waals surface area contributed by atoms with Crippen molar-refractivity contribution in [1.82, 2.24) is 5.32 Å². The smallest absolute Gasteiger partial charge is 0.244 e. The molecule has 0 radical (unpaired) electrons. The average Bonchev–Trinajstić information content (AvgIpc) is 2.72. The van der Waals surface area contributed by atoms with Gasteiger partial charge in [-0.15, -0.1) is 0 Å². The Bertz CT molecular complexity index is 908. The van der Waals surface area contributed by atoms with Gasteiger partial charge in [0.1, 0.15) is 6.54 Å². The van der Waals surface area contributed by atoms with E-state index in [9.17, 15) is 9.59 Å². The lowest BCUT2D eigenvalue weighted by Crippen LogP contribution is -2.50. The van der Waals surface area contributed by atoms with Crippen LogP contribution in [0.3, 0.4) is 0 Å². The normalized spacial score (nSPS) is 17.9. The fourth-order valence-corrected chi connectivity index (χ4v) is 4.23. The van der Waals surface area contributed by atoms with Gasteiger partial charge >= 0.3 is 0 Å². The number of benzene rings is 2. The van der Waals surface area contributed by atoms with Crippen LogP contribution in [0.1, 0.15) is 49.4 Å². The molecule has 0 saturated carbocycles. The first kappa shape index (κ1) is 18.7. The Balaban J connectivity index is 1.48. The molecule has 0 saturated heterocycles. The Kier molecular flexibility index (Phi) is 5.18. The summed E-state index contributed by atoms with van der Waals surface area (Å²) in [5.41, 5.74) is 5.54. The molecule has 2 aromatic carbocycles. The Morgan fingerprint density at radius 1 is 1.07 bits per heavy atom. The van der Waals surface area contributed by atoms with E-state index in [0.29, 0.717) is 5.69 Å². The molecule has 1 aliphatic carbocycles. The summed E-state index contributed by atoms with van der Waals surface area (Å²) in [5.74, 6) is -0.255. The second-order valence-electron chi connectivity index (χ2n) is 7.84. The molecule has 2 atom stereocenters. The predicted octanol–water partition coefficient (Wildman–Crippen LogP) is 3.59. The van der Waals surface area contributed by atoms with Crippen molar-refractivity contribution in [3.05, 3.63) is 59.2 Å². The number of amides is 2. The molecule has 5 heteroatoms. The Hall–Kier alpha value is -2.66. The van der Waals surface area contributed by atoms with Gasteiger partial charge in [0.15, 0.2) is 0 Å². The number of carbonyl (C=O) groups excluding carboxylic acids is 2. The SMILES string of the molecule is C[C@H](N[C@H](C)C(=O)N1CC(=O)Nc2ccccc21)c1ccc2c(c1)CCCC2. The van der Waals surface area contributed by atoms with E-state index in [4.69, 9.17) is 0 Å². The van der Waals surface area contributed by atoms with Crippen molar-refractivity contribution in [2.45, 2.75) is 51.6 Å². The second kappa shape index (κ2) is 7.76. The quantitative estimate of drug-likeness (QED) is 0.856. The fourth-order valence-electron chi connectivity index (χ4n) is 4.23. The summed E-state index contributed by atoms with van der Waals surface area (Å²) in [6.45, 7) is 4.01. The number of rotatable bonds is 4. The van der Waals surface area contributed by atoms with Crippen LogP contribution in [0.25, 0.3) is 0 Å². The monoisotopic (exact) mass is 377 g/mol. The van der Waals surface area contributed by atoms with E-state index in [1.54, 1.807) is 4.90 Å². The topological polar surface area (TPSA) is 61.4 Å². The first-order valence-electron chi connectivity index (χ1n) is 10.1. The minimum absolute atomic E-state index is 0.0507. The zero-order valence-electron chi connectivity index (χ0n) is 16.5. The minimum atomic E-state index is -0.398. The van der Waals surface area contributed by atoms with E-state index in [0.717, 1.165) is 12.1 Å². The Morgan fingerprint density at radius 3 is 2.64 bits per heavy atom. The second-order valence-corrected chi connectivity index (χ2v) is 7.84. The number of hydrogen-bond donors (Lipinski definition) is 2. The molecule has 146 valence electrons. The lowest BCUT2D eigenvalue weighted by atomic mass is 9.89. The molecule has 4 rings (SSSR count). The lowest BCUT2D eigenvalue weighted by molar-refractivity contribution is -0.123. The first-order valence-corrected chi connectivity index (χ1v) is 10.1. The van der Waals surface area contributed by atoms with Gasteiger partial charge < -0.3 is 5.32 Å². The molecule has 1 heterocycles. The van der Waals surface area contributed by atoms with Crippen LogP contribution in [-0.4, -0.2) is 24.4 Å². The van der Waals surface area contributed by atoms with Gasteiger partial charge in [-0.3, -0.25) is 19.8 Å². The molecule has 28 heavy (non-hydrogen) atoms. The number of hydrogen-bond acceptors (Lipinski definition) is 3. The predicted molar refractivity (Wildman–Crippen MR) is 112 cm³/mol. The molecule has 0 aromatic heterocycles.